The summed E-state index contributed by atoms with van der Waals surface area (Å²) in [6.07, 6.45) is -15.7. The van der Waals surface area contributed by atoms with Gasteiger partial charge < -0.3 is 54.6 Å². The average Bonchev–Trinajstić information content (AvgIpc) is 3.38. The number of halogens is 6. The Morgan fingerprint density at radius 1 is 0.659 bits per heavy atom. The lowest BCUT2D eigenvalue weighted by atomic mass is 10.1. The van der Waals surface area contributed by atoms with Crippen molar-refractivity contribution in [1.82, 2.24) is 0 Å². The Morgan fingerprint density at radius 3 is 1.73 bits per heavy atom. The third kappa shape index (κ3) is 21.0. The van der Waals surface area contributed by atoms with E-state index in [0.717, 1.165) is 19.3 Å². The number of alkyl halides is 6. The molecule has 0 aromatic heterocycles. The highest BCUT2D eigenvalue weighted by molar-refractivity contribution is 4.76. The molecule has 264 valence electrons. The van der Waals surface area contributed by atoms with E-state index in [0.29, 0.717) is 18.9 Å². The lowest BCUT2D eigenvalue weighted by molar-refractivity contribution is -0.518. The minimum atomic E-state index is -5.46. The van der Waals surface area contributed by atoms with Crippen molar-refractivity contribution in [2.24, 2.45) is 11.7 Å². The average molecular weight is 666 g/mol. The van der Waals surface area contributed by atoms with E-state index in [1.54, 1.807) is 0 Å². The molecule has 6 N–H and O–H groups in total. The SMILES string of the molecule is NCC1CCC(OCC(O)COCCOCC(F)(F)OC(F)(F)OC(F)(F)COCC(O)COCC(O)COCCCO)C1. The van der Waals surface area contributed by atoms with Gasteiger partial charge in [0.25, 0.3) is 0 Å². The maximum absolute atomic E-state index is 13.7. The van der Waals surface area contributed by atoms with Gasteiger partial charge in [0.2, 0.25) is 0 Å². The highest BCUT2D eigenvalue weighted by atomic mass is 19.3. The van der Waals surface area contributed by atoms with Crippen LogP contribution in [0.4, 0.5) is 26.3 Å². The van der Waals surface area contributed by atoms with Gasteiger partial charge in [0.05, 0.1) is 59.0 Å². The van der Waals surface area contributed by atoms with E-state index in [1.807, 2.05) is 0 Å². The first-order valence-electron chi connectivity index (χ1n) is 14.1. The Balaban J connectivity index is 2.18. The van der Waals surface area contributed by atoms with Gasteiger partial charge in [0, 0.05) is 13.2 Å². The summed E-state index contributed by atoms with van der Waals surface area (Å²) in [7, 11) is 0. The van der Waals surface area contributed by atoms with E-state index in [-0.39, 0.29) is 52.4 Å². The fraction of sp³-hybridized carbons (Fsp3) is 1.00. The fourth-order valence-corrected chi connectivity index (χ4v) is 3.78. The zero-order valence-corrected chi connectivity index (χ0v) is 24.3. The van der Waals surface area contributed by atoms with Gasteiger partial charge in [0.15, 0.2) is 0 Å². The zero-order chi connectivity index (χ0) is 33.1. The Kier molecular flexibility index (Phi) is 20.3. The molecule has 0 aliphatic heterocycles. The Hall–Kier alpha value is -0.940. The van der Waals surface area contributed by atoms with Crippen LogP contribution in [0.15, 0.2) is 0 Å². The molecule has 1 aliphatic rings. The van der Waals surface area contributed by atoms with Crippen LogP contribution in [0.5, 0.6) is 0 Å². The number of hydrogen-bond acceptors (Lipinski definition) is 13. The molecule has 5 unspecified atom stereocenters. The van der Waals surface area contributed by atoms with Crippen molar-refractivity contribution in [1.29, 1.82) is 0 Å². The van der Waals surface area contributed by atoms with Gasteiger partial charge >= 0.3 is 18.5 Å². The maximum atomic E-state index is 13.7. The van der Waals surface area contributed by atoms with Gasteiger partial charge in [-0.3, -0.25) is 0 Å². The van der Waals surface area contributed by atoms with Crippen LogP contribution in [0.1, 0.15) is 25.7 Å². The summed E-state index contributed by atoms with van der Waals surface area (Å²) in [5, 5.41) is 37.7. The van der Waals surface area contributed by atoms with Crippen molar-refractivity contribution in [3.8, 4) is 0 Å². The standard InChI is InChI=1S/C25H45F6NO12/c26-23(27,16-39-7-6-38-11-21(36)15-42-22-3-2-18(8-22)9-32)43-25(30,31)44-24(28,29)17-41-14-20(35)13-40-12-19(34)10-37-5-1-4-33/h18-22,33-36H,1-17,32H2. The van der Waals surface area contributed by atoms with E-state index >= 15 is 0 Å². The van der Waals surface area contributed by atoms with Crippen LogP contribution in [0.3, 0.4) is 0 Å². The lowest BCUT2D eigenvalue weighted by Gasteiger charge is -2.26. The maximum Gasteiger partial charge on any atom is 0.495 e. The van der Waals surface area contributed by atoms with Crippen molar-refractivity contribution < 1.29 is 84.7 Å². The lowest BCUT2D eigenvalue weighted by Crippen LogP contribution is -2.44. The molecule has 0 radical (unpaired) electrons. The smallest absolute Gasteiger partial charge is 0.396 e. The molecular weight excluding hydrogens is 620 g/mol. The summed E-state index contributed by atoms with van der Waals surface area (Å²) in [6, 6.07) is 0. The van der Waals surface area contributed by atoms with E-state index in [9.17, 15) is 41.7 Å². The van der Waals surface area contributed by atoms with Gasteiger partial charge in [-0.2, -0.15) is 17.6 Å². The predicted octanol–water partition coefficient (Wildman–Crippen LogP) is 0.448. The molecule has 0 aromatic rings. The van der Waals surface area contributed by atoms with Crippen molar-refractivity contribution in [3.05, 3.63) is 0 Å². The molecule has 0 aromatic carbocycles. The summed E-state index contributed by atoms with van der Waals surface area (Å²) in [5.41, 5.74) is 5.60. The van der Waals surface area contributed by atoms with Crippen LogP contribution in [0.2, 0.25) is 0 Å². The first-order valence-corrected chi connectivity index (χ1v) is 14.1. The van der Waals surface area contributed by atoms with Crippen LogP contribution < -0.4 is 5.73 Å². The van der Waals surface area contributed by atoms with Gasteiger partial charge in [-0.05, 0) is 38.1 Å². The molecular formula is C25H45F6NO12. The van der Waals surface area contributed by atoms with E-state index in [1.165, 1.54) is 0 Å². The second kappa shape index (κ2) is 21.8. The minimum absolute atomic E-state index is 0.0105. The molecule has 1 aliphatic carbocycles. The quantitative estimate of drug-likeness (QED) is 0.0442. The van der Waals surface area contributed by atoms with Crippen LogP contribution in [-0.4, -0.2) is 149 Å². The molecule has 19 heteroatoms. The molecule has 0 bridgehead atoms. The highest BCUT2D eigenvalue weighted by Crippen LogP contribution is 2.33. The van der Waals surface area contributed by atoms with E-state index < -0.39 is 69.9 Å². The summed E-state index contributed by atoms with van der Waals surface area (Å²) >= 11 is 0. The summed E-state index contributed by atoms with van der Waals surface area (Å²) in [6.45, 7) is -5.70. The molecule has 1 saturated carbocycles. The molecule has 1 rings (SSSR count). The monoisotopic (exact) mass is 665 g/mol. The molecule has 13 nitrogen and oxygen atoms in total. The summed E-state index contributed by atoms with van der Waals surface area (Å²) < 4.78 is 118. The predicted molar refractivity (Wildman–Crippen MR) is 137 cm³/mol. The fourth-order valence-electron chi connectivity index (χ4n) is 3.78. The number of ether oxygens (including phenoxy) is 8. The first-order chi connectivity index (χ1) is 20.7. The molecule has 0 amide bonds. The normalized spacial score (nSPS) is 20.2. The Labute approximate surface area is 251 Å². The Morgan fingerprint density at radius 2 is 1.16 bits per heavy atom. The number of aliphatic hydroxyl groups is 4. The second-order valence-electron chi connectivity index (χ2n) is 10.1. The highest BCUT2D eigenvalue weighted by Gasteiger charge is 2.52. The Bertz CT molecular complexity index is 733. The van der Waals surface area contributed by atoms with Crippen LogP contribution >= 0.6 is 0 Å². The van der Waals surface area contributed by atoms with E-state index in [2.05, 4.69) is 18.9 Å². The molecule has 0 saturated heterocycles. The largest absolute Gasteiger partial charge is 0.495 e. The van der Waals surface area contributed by atoms with Gasteiger partial charge in [-0.1, -0.05) is 0 Å². The van der Waals surface area contributed by atoms with Crippen molar-refractivity contribution in [2.45, 2.75) is 68.6 Å². The topological polar surface area (TPSA) is 181 Å². The van der Waals surface area contributed by atoms with Crippen molar-refractivity contribution >= 4 is 0 Å². The number of nitrogens with two attached hydrogens (primary N) is 1. The third-order valence-electron chi connectivity index (χ3n) is 5.80. The zero-order valence-electron chi connectivity index (χ0n) is 24.3. The second-order valence-corrected chi connectivity index (χ2v) is 10.1. The summed E-state index contributed by atoms with van der Waals surface area (Å²) in [5.74, 6) is 0.380. The van der Waals surface area contributed by atoms with Gasteiger partial charge in [0.1, 0.15) is 31.5 Å². The first kappa shape index (κ1) is 41.1. The van der Waals surface area contributed by atoms with Gasteiger partial charge in [-0.25, -0.2) is 9.47 Å². The molecule has 0 heterocycles. The molecule has 5 atom stereocenters. The van der Waals surface area contributed by atoms with Crippen LogP contribution in [0, 0.1) is 5.92 Å². The van der Waals surface area contributed by atoms with Crippen LogP contribution in [-0.2, 0) is 37.9 Å². The molecule has 44 heavy (non-hydrogen) atoms. The number of rotatable bonds is 28. The van der Waals surface area contributed by atoms with Crippen molar-refractivity contribution in [3.63, 3.8) is 0 Å². The van der Waals surface area contributed by atoms with Gasteiger partial charge in [-0.15, -0.1) is 8.78 Å². The number of hydrogen-bond donors (Lipinski definition) is 5. The summed E-state index contributed by atoms with van der Waals surface area (Å²) in [4.78, 5) is 0. The van der Waals surface area contributed by atoms with Crippen molar-refractivity contribution in [2.75, 3.05) is 85.8 Å². The number of aliphatic hydroxyl groups excluding tert-OH is 4. The molecule has 1 fully saturated rings. The molecule has 0 spiro atoms. The van der Waals surface area contributed by atoms with Crippen LogP contribution in [0.25, 0.3) is 0 Å². The minimum Gasteiger partial charge on any atom is -0.396 e. The van der Waals surface area contributed by atoms with E-state index in [4.69, 9.17) is 29.8 Å². The third-order valence-corrected chi connectivity index (χ3v) is 5.80.